The molecule has 218 valence electrons. The zero-order valence-corrected chi connectivity index (χ0v) is 23.6. The van der Waals surface area contributed by atoms with Gasteiger partial charge in [-0.1, -0.05) is 24.3 Å². The molecular weight excluding hydrogens is 568 g/mol. The number of para-hydroxylation sites is 4. The third kappa shape index (κ3) is 3.85. The number of nitrogens with two attached hydrogens (primary N) is 1. The van der Waals surface area contributed by atoms with Crippen molar-refractivity contribution in [1.82, 2.24) is 0 Å². The van der Waals surface area contributed by atoms with Crippen LogP contribution >= 0.6 is 0 Å². The van der Waals surface area contributed by atoms with Crippen molar-refractivity contribution < 1.29 is 24.4 Å². The summed E-state index contributed by atoms with van der Waals surface area (Å²) >= 11 is 0. The van der Waals surface area contributed by atoms with Gasteiger partial charge < -0.3 is 34.2 Å². The average molecular weight is 593 g/mol. The second-order valence-electron chi connectivity index (χ2n) is 10.9. The first-order valence-corrected chi connectivity index (χ1v) is 14.3. The van der Waals surface area contributed by atoms with Crippen LogP contribution < -0.4 is 34.9 Å². The average Bonchev–Trinajstić information content (AvgIpc) is 3.05. The van der Waals surface area contributed by atoms with E-state index in [1.165, 1.54) is 0 Å². The fraction of sp³-hybridized carbons (Fsp3) is 0. The number of nitrogens with zero attached hydrogens (tertiary/aromatic N) is 3. The van der Waals surface area contributed by atoms with E-state index in [-0.39, 0.29) is 11.5 Å². The van der Waals surface area contributed by atoms with Gasteiger partial charge in [-0.25, -0.2) is 5.84 Å². The lowest BCUT2D eigenvalue weighted by Gasteiger charge is -2.35. The van der Waals surface area contributed by atoms with E-state index in [9.17, 15) is 10.2 Å². The Kier molecular flexibility index (Phi) is 5.23. The van der Waals surface area contributed by atoms with Gasteiger partial charge in [0.2, 0.25) is 0 Å². The predicted molar refractivity (Wildman–Crippen MR) is 172 cm³/mol. The van der Waals surface area contributed by atoms with Gasteiger partial charge >= 0.3 is 0 Å². The molecule has 3 heterocycles. The molecule has 0 aromatic heterocycles. The van der Waals surface area contributed by atoms with Crippen LogP contribution in [0.5, 0.6) is 46.0 Å². The van der Waals surface area contributed by atoms with Crippen molar-refractivity contribution in [2.75, 3.05) is 14.8 Å². The summed E-state index contributed by atoms with van der Waals surface area (Å²) in [5.41, 5.74) is 6.37. The minimum absolute atomic E-state index is 0.0720. The Morgan fingerprint density at radius 2 is 0.778 bits per heavy atom. The number of phenols is 2. The summed E-state index contributed by atoms with van der Waals surface area (Å²) in [5.74, 6) is 10.4. The molecule has 0 amide bonds. The van der Waals surface area contributed by atoms with Crippen molar-refractivity contribution in [3.8, 4) is 46.0 Å². The number of phenolic OH excluding ortho intramolecular Hbond substituents is 2. The van der Waals surface area contributed by atoms with E-state index < -0.39 is 0 Å². The largest absolute Gasteiger partial charge is 0.508 e. The van der Waals surface area contributed by atoms with E-state index in [0.717, 1.165) is 51.3 Å². The number of ether oxygens (including phenoxy) is 3. The number of anilines is 8. The minimum Gasteiger partial charge on any atom is -0.508 e. The van der Waals surface area contributed by atoms with Gasteiger partial charge in [0.25, 0.3) is 0 Å². The molecule has 4 N–H and O–H groups in total. The Morgan fingerprint density at radius 1 is 0.400 bits per heavy atom. The van der Waals surface area contributed by atoms with E-state index in [4.69, 9.17) is 20.1 Å². The molecule has 9 rings (SSSR count). The maximum Gasteiger partial charge on any atom is 0.155 e. The fourth-order valence-corrected chi connectivity index (χ4v) is 6.14. The summed E-state index contributed by atoms with van der Waals surface area (Å²) in [6.45, 7) is 0. The van der Waals surface area contributed by atoms with Gasteiger partial charge in [0, 0.05) is 24.3 Å². The summed E-state index contributed by atoms with van der Waals surface area (Å²) in [7, 11) is 0. The highest BCUT2D eigenvalue weighted by Gasteiger charge is 2.31. The van der Waals surface area contributed by atoms with Crippen LogP contribution in [0.4, 0.5) is 45.5 Å². The van der Waals surface area contributed by atoms with Crippen molar-refractivity contribution in [2.24, 2.45) is 5.84 Å². The van der Waals surface area contributed by atoms with Gasteiger partial charge in [0.1, 0.15) is 22.9 Å². The van der Waals surface area contributed by atoms with Crippen LogP contribution in [-0.2, 0) is 0 Å². The summed E-state index contributed by atoms with van der Waals surface area (Å²) < 4.78 is 18.8. The molecule has 0 spiro atoms. The molecule has 0 saturated heterocycles. The first-order valence-electron chi connectivity index (χ1n) is 14.3. The van der Waals surface area contributed by atoms with Gasteiger partial charge in [0.15, 0.2) is 34.5 Å². The monoisotopic (exact) mass is 592 g/mol. The highest BCUT2D eigenvalue weighted by Crippen LogP contribution is 2.56. The molecule has 6 aromatic carbocycles. The zero-order chi connectivity index (χ0) is 30.2. The predicted octanol–water partition coefficient (Wildman–Crippen LogP) is 9.37. The normalized spacial score (nSPS) is 13.6. The number of rotatable bonds is 2. The molecule has 0 unspecified atom stereocenters. The van der Waals surface area contributed by atoms with Crippen LogP contribution in [0.3, 0.4) is 0 Å². The first-order chi connectivity index (χ1) is 22.0. The van der Waals surface area contributed by atoms with E-state index in [1.807, 2.05) is 89.8 Å². The minimum atomic E-state index is 0.0720. The third-order valence-corrected chi connectivity index (χ3v) is 8.16. The van der Waals surface area contributed by atoms with Crippen LogP contribution in [0, 0.1) is 0 Å². The first kappa shape index (κ1) is 25.2. The molecule has 3 aliphatic rings. The maximum atomic E-state index is 10.2. The highest BCUT2D eigenvalue weighted by molar-refractivity contribution is 5.91. The summed E-state index contributed by atoms with van der Waals surface area (Å²) in [4.78, 5) is 4.14. The maximum absolute atomic E-state index is 10.2. The topological polar surface area (TPSA) is 104 Å². The van der Waals surface area contributed by atoms with E-state index >= 15 is 0 Å². The quantitative estimate of drug-likeness (QED) is 0.169. The van der Waals surface area contributed by atoms with Crippen LogP contribution in [-0.4, -0.2) is 10.2 Å². The number of benzene rings is 6. The number of fused-ring (bicyclic) bond motifs is 6. The number of hydrogen-bond acceptors (Lipinski definition) is 9. The van der Waals surface area contributed by atoms with Crippen molar-refractivity contribution in [3.63, 3.8) is 0 Å². The number of aromatic hydroxyl groups is 2. The Balaban J connectivity index is 1.14. The van der Waals surface area contributed by atoms with E-state index in [2.05, 4.69) is 4.90 Å². The molecule has 3 aliphatic heterocycles. The van der Waals surface area contributed by atoms with Gasteiger partial charge in [0.05, 0.1) is 34.1 Å². The van der Waals surface area contributed by atoms with Crippen LogP contribution in [0.2, 0.25) is 0 Å². The summed E-state index contributed by atoms with van der Waals surface area (Å²) in [6, 6.07) is 37.5. The Bertz CT molecular complexity index is 2090. The molecule has 6 aromatic rings. The van der Waals surface area contributed by atoms with Crippen molar-refractivity contribution in [3.05, 3.63) is 121 Å². The Morgan fingerprint density at radius 3 is 1.27 bits per heavy atom. The fourth-order valence-electron chi connectivity index (χ4n) is 6.14. The summed E-state index contributed by atoms with van der Waals surface area (Å²) in [5, 5.41) is 21.9. The molecule has 0 saturated carbocycles. The Labute approximate surface area is 257 Å². The van der Waals surface area contributed by atoms with Gasteiger partial charge in [-0.05, 0) is 72.8 Å². The third-order valence-electron chi connectivity index (χ3n) is 8.16. The van der Waals surface area contributed by atoms with Crippen molar-refractivity contribution in [2.45, 2.75) is 0 Å². The summed E-state index contributed by atoms with van der Waals surface area (Å²) in [6.07, 6.45) is 0. The molecule has 0 bridgehead atoms. The second-order valence-corrected chi connectivity index (χ2v) is 10.9. The van der Waals surface area contributed by atoms with Gasteiger partial charge in [-0.15, -0.1) is 0 Å². The lowest BCUT2D eigenvalue weighted by Crippen LogP contribution is -2.28. The Hall–Kier alpha value is -6.32. The molecular formula is C36H24N4O5. The SMILES string of the molecule is NN1c2ccc(N3c4ccccc4Oc4ccccc43)cc2Oc2cc(N3c4ccc(O)cc4Oc4cc(O)ccc43)ccc21. The highest BCUT2D eigenvalue weighted by atomic mass is 16.5. The van der Waals surface area contributed by atoms with Crippen LogP contribution in [0.1, 0.15) is 0 Å². The van der Waals surface area contributed by atoms with Crippen LogP contribution in [0.15, 0.2) is 121 Å². The molecule has 0 fully saturated rings. The number of hydrazine groups is 1. The lowest BCUT2D eigenvalue weighted by atomic mass is 10.1. The zero-order valence-electron chi connectivity index (χ0n) is 23.6. The molecule has 9 heteroatoms. The second kappa shape index (κ2) is 9.34. The molecule has 0 atom stereocenters. The molecule has 45 heavy (non-hydrogen) atoms. The van der Waals surface area contributed by atoms with Crippen molar-refractivity contribution >= 4 is 45.5 Å². The smallest absolute Gasteiger partial charge is 0.155 e. The lowest BCUT2D eigenvalue weighted by molar-refractivity contribution is 0.443. The standard InChI is InChI=1S/C36H24N4O5/c37-40-29-13-9-21(38-25-5-1-3-7-31(25)43-32-8-4-2-6-26(32)38)17-33(29)44-34-18-22(10-14-30(34)40)39-27-15-11-23(41)19-35(27)45-36-20-24(42)12-16-28(36)39/h1-20,41-42H,37H2. The molecule has 9 nitrogen and oxygen atoms in total. The van der Waals surface area contributed by atoms with E-state index in [0.29, 0.717) is 28.7 Å². The number of hydrogen-bond donors (Lipinski definition) is 3. The van der Waals surface area contributed by atoms with E-state index in [1.54, 1.807) is 41.4 Å². The van der Waals surface area contributed by atoms with Gasteiger partial charge in [-0.2, -0.15) is 0 Å². The van der Waals surface area contributed by atoms with Crippen LogP contribution in [0.25, 0.3) is 0 Å². The van der Waals surface area contributed by atoms with Crippen molar-refractivity contribution in [1.29, 1.82) is 0 Å². The van der Waals surface area contributed by atoms with Gasteiger partial charge in [-0.3, -0.25) is 5.01 Å². The molecule has 0 aliphatic carbocycles. The molecule has 0 radical (unpaired) electrons.